The first-order valence-corrected chi connectivity index (χ1v) is 11.7. The van der Waals surface area contributed by atoms with Crippen LogP contribution in [-0.4, -0.2) is 54.8 Å². The van der Waals surface area contributed by atoms with Crippen molar-refractivity contribution in [1.82, 2.24) is 10.2 Å². The van der Waals surface area contributed by atoms with Gasteiger partial charge in [-0.1, -0.05) is 25.8 Å². The van der Waals surface area contributed by atoms with Crippen LogP contribution in [0.25, 0.3) is 0 Å². The third-order valence-electron chi connectivity index (χ3n) is 7.35. The zero-order valence-electron chi connectivity index (χ0n) is 18.8. The molecule has 0 aromatic carbocycles. The summed E-state index contributed by atoms with van der Waals surface area (Å²) in [5.41, 5.74) is 3.84. The van der Waals surface area contributed by atoms with Crippen LogP contribution in [0.3, 0.4) is 0 Å². The number of nitrogens with zero attached hydrogens (tertiary/aromatic N) is 3. The normalized spacial score (nSPS) is 32.5. The summed E-state index contributed by atoms with van der Waals surface area (Å²) < 4.78 is 0. The van der Waals surface area contributed by atoms with Gasteiger partial charge in [0.2, 0.25) is 0 Å². The number of rotatable bonds is 7. The Morgan fingerprint density at radius 2 is 2.10 bits per heavy atom. The minimum Gasteiger partial charge on any atom is -0.388 e. The van der Waals surface area contributed by atoms with Crippen molar-refractivity contribution in [1.29, 1.82) is 5.41 Å². The second kappa shape index (κ2) is 9.01. The summed E-state index contributed by atoms with van der Waals surface area (Å²) in [6.45, 7) is 6.77. The van der Waals surface area contributed by atoms with Crippen LogP contribution in [0.1, 0.15) is 58.8 Å². The molecule has 1 unspecified atom stereocenters. The van der Waals surface area contributed by atoms with E-state index in [0.29, 0.717) is 12.0 Å². The molecule has 4 aliphatic rings. The Kier molecular flexibility index (Phi) is 6.37. The maximum absolute atomic E-state index is 7.91. The molecule has 0 aromatic heterocycles. The number of hydrogen-bond acceptors (Lipinski definition) is 5. The Balaban J connectivity index is 1.46. The SMILES string of the molecule is CCCC1CC(N/C=C(\C=N)C2=NC3=CC(C4CCN(C)CC4)=CCC3(C)N=C2)C1. The van der Waals surface area contributed by atoms with Gasteiger partial charge in [0, 0.05) is 30.2 Å². The summed E-state index contributed by atoms with van der Waals surface area (Å²) in [7, 11) is 2.21. The van der Waals surface area contributed by atoms with E-state index in [4.69, 9.17) is 15.4 Å². The van der Waals surface area contributed by atoms with Crippen LogP contribution in [0.4, 0.5) is 0 Å². The van der Waals surface area contributed by atoms with Crippen molar-refractivity contribution < 1.29 is 0 Å². The Bertz CT molecular complexity index is 803. The van der Waals surface area contributed by atoms with E-state index in [-0.39, 0.29) is 5.54 Å². The number of fused-ring (bicyclic) bond motifs is 1. The number of aliphatic imine (C=N–C) groups is 2. The topological polar surface area (TPSA) is 63.8 Å². The molecule has 30 heavy (non-hydrogen) atoms. The third kappa shape index (κ3) is 4.51. The summed E-state index contributed by atoms with van der Waals surface area (Å²) in [4.78, 5) is 12.3. The van der Waals surface area contributed by atoms with Crippen LogP contribution >= 0.6 is 0 Å². The Morgan fingerprint density at radius 3 is 2.80 bits per heavy atom. The summed E-state index contributed by atoms with van der Waals surface area (Å²) in [6.07, 6.45) is 18.4. The highest BCUT2D eigenvalue weighted by molar-refractivity contribution is 6.44. The predicted octanol–water partition coefficient (Wildman–Crippen LogP) is 4.53. The molecule has 1 saturated carbocycles. The quantitative estimate of drug-likeness (QED) is 0.609. The first-order chi connectivity index (χ1) is 14.5. The summed E-state index contributed by atoms with van der Waals surface area (Å²) >= 11 is 0. The monoisotopic (exact) mass is 407 g/mol. The molecule has 0 amide bonds. The van der Waals surface area contributed by atoms with E-state index in [9.17, 15) is 0 Å². The molecule has 2 N–H and O–H groups in total. The van der Waals surface area contributed by atoms with Crippen molar-refractivity contribution >= 4 is 18.1 Å². The fourth-order valence-electron chi connectivity index (χ4n) is 5.11. The highest BCUT2D eigenvalue weighted by Gasteiger charge is 2.35. The van der Waals surface area contributed by atoms with Gasteiger partial charge >= 0.3 is 0 Å². The molecule has 2 heterocycles. The summed E-state index contributed by atoms with van der Waals surface area (Å²) in [5.74, 6) is 1.51. The van der Waals surface area contributed by atoms with E-state index >= 15 is 0 Å². The van der Waals surface area contributed by atoms with Gasteiger partial charge in [0.05, 0.1) is 11.4 Å². The van der Waals surface area contributed by atoms with Crippen LogP contribution in [-0.2, 0) is 0 Å². The fraction of sp³-hybridized carbons (Fsp3) is 0.640. The third-order valence-corrected chi connectivity index (χ3v) is 7.35. The smallest absolute Gasteiger partial charge is 0.103 e. The highest BCUT2D eigenvalue weighted by atomic mass is 15.1. The lowest BCUT2D eigenvalue weighted by atomic mass is 9.78. The van der Waals surface area contributed by atoms with E-state index in [2.05, 4.69) is 43.3 Å². The van der Waals surface area contributed by atoms with Gasteiger partial charge in [-0.05, 0) is 82.6 Å². The van der Waals surface area contributed by atoms with Gasteiger partial charge in [-0.15, -0.1) is 0 Å². The summed E-state index contributed by atoms with van der Waals surface area (Å²) in [6, 6.07) is 0.538. The molecule has 5 nitrogen and oxygen atoms in total. The van der Waals surface area contributed by atoms with Crippen molar-refractivity contribution in [3.8, 4) is 0 Å². The minimum atomic E-state index is -0.264. The van der Waals surface area contributed by atoms with Gasteiger partial charge in [-0.25, -0.2) is 4.99 Å². The first kappa shape index (κ1) is 21.2. The van der Waals surface area contributed by atoms with Crippen LogP contribution in [0, 0.1) is 17.2 Å². The van der Waals surface area contributed by atoms with E-state index in [1.807, 2.05) is 12.4 Å². The zero-order valence-corrected chi connectivity index (χ0v) is 18.8. The van der Waals surface area contributed by atoms with Crippen LogP contribution in [0.15, 0.2) is 45.2 Å². The van der Waals surface area contributed by atoms with Crippen molar-refractivity contribution in [3.05, 3.63) is 35.2 Å². The van der Waals surface area contributed by atoms with E-state index in [0.717, 1.165) is 29.3 Å². The lowest BCUT2D eigenvalue weighted by Crippen LogP contribution is -2.39. The number of nitrogens with one attached hydrogen (secondary N) is 2. The van der Waals surface area contributed by atoms with Crippen molar-refractivity contribution in [2.45, 2.75) is 70.4 Å². The van der Waals surface area contributed by atoms with Gasteiger partial charge in [-0.3, -0.25) is 4.99 Å². The van der Waals surface area contributed by atoms with Crippen LogP contribution in [0.5, 0.6) is 0 Å². The largest absolute Gasteiger partial charge is 0.388 e. The molecular weight excluding hydrogens is 370 g/mol. The van der Waals surface area contributed by atoms with Gasteiger partial charge in [-0.2, -0.15) is 0 Å². The van der Waals surface area contributed by atoms with Gasteiger partial charge < -0.3 is 15.6 Å². The van der Waals surface area contributed by atoms with E-state index in [1.165, 1.54) is 63.4 Å². The highest BCUT2D eigenvalue weighted by Crippen LogP contribution is 2.38. The molecule has 1 saturated heterocycles. The van der Waals surface area contributed by atoms with Crippen LogP contribution < -0.4 is 5.32 Å². The molecule has 0 aromatic rings. The average molecular weight is 408 g/mol. The molecule has 2 aliphatic heterocycles. The second-order valence-corrected chi connectivity index (χ2v) is 9.78. The number of allylic oxidation sites excluding steroid dienone is 3. The van der Waals surface area contributed by atoms with Gasteiger partial charge in [0.25, 0.3) is 0 Å². The zero-order chi connectivity index (χ0) is 21.1. The molecular formula is C25H37N5. The van der Waals surface area contributed by atoms with Crippen LogP contribution in [0.2, 0.25) is 0 Å². The van der Waals surface area contributed by atoms with Gasteiger partial charge in [0.1, 0.15) is 5.54 Å². The maximum atomic E-state index is 7.91. The molecule has 2 fully saturated rings. The Labute approximate surface area is 181 Å². The minimum absolute atomic E-state index is 0.264. The Hall–Kier alpha value is -2.01. The molecule has 4 rings (SSSR count). The van der Waals surface area contributed by atoms with Gasteiger partial charge in [0.15, 0.2) is 0 Å². The fourth-order valence-corrected chi connectivity index (χ4v) is 5.11. The molecule has 5 heteroatoms. The van der Waals surface area contributed by atoms with E-state index in [1.54, 1.807) is 0 Å². The molecule has 0 bridgehead atoms. The molecule has 0 spiro atoms. The summed E-state index contributed by atoms with van der Waals surface area (Å²) in [5, 5.41) is 11.4. The van der Waals surface area contributed by atoms with Crippen molar-refractivity contribution in [2.24, 2.45) is 21.8 Å². The number of likely N-dealkylation sites (tertiary alicyclic amines) is 1. The van der Waals surface area contributed by atoms with Crippen molar-refractivity contribution in [3.63, 3.8) is 0 Å². The molecule has 1 atom stereocenters. The standard InChI is InChI=1S/C25H37N5/c1-4-5-18-12-22(13-18)27-16-21(15-26)23-17-28-25(2)9-6-20(14-24(25)29-23)19-7-10-30(3)11-8-19/h6,14-19,22,26-27H,4-5,7-13H2,1-3H3/b21-16+,26-15?. The van der Waals surface area contributed by atoms with E-state index < -0.39 is 0 Å². The number of piperidine rings is 1. The molecule has 162 valence electrons. The average Bonchev–Trinajstić information content (AvgIpc) is 2.72. The molecule has 2 aliphatic carbocycles. The van der Waals surface area contributed by atoms with Crippen molar-refractivity contribution in [2.75, 3.05) is 20.1 Å². The lowest BCUT2D eigenvalue weighted by molar-refractivity contribution is 0.224. The Morgan fingerprint density at radius 1 is 1.33 bits per heavy atom. The maximum Gasteiger partial charge on any atom is 0.103 e. The first-order valence-electron chi connectivity index (χ1n) is 11.7. The lowest BCUT2D eigenvalue weighted by Gasteiger charge is -2.36. The number of hydrogen-bond donors (Lipinski definition) is 2. The second-order valence-electron chi connectivity index (χ2n) is 9.78. The molecule has 0 radical (unpaired) electrons. The predicted molar refractivity (Wildman–Crippen MR) is 127 cm³/mol.